The van der Waals surface area contributed by atoms with Crippen LogP contribution in [-0.4, -0.2) is 31.1 Å². The first-order valence-corrected chi connectivity index (χ1v) is 10.9. The van der Waals surface area contributed by atoms with Crippen molar-refractivity contribution in [3.05, 3.63) is 65.9 Å². The van der Waals surface area contributed by atoms with Crippen LogP contribution in [0.5, 0.6) is 5.75 Å². The second kappa shape index (κ2) is 9.21. The summed E-state index contributed by atoms with van der Waals surface area (Å²) in [6, 6.07) is 15.7. The Labute approximate surface area is 183 Å². The molecule has 1 saturated heterocycles. The molecule has 2 aromatic carbocycles. The molecular formula is C26H29N3O2. The third-order valence-corrected chi connectivity index (χ3v) is 6.02. The highest BCUT2D eigenvalue weighted by atomic mass is 16.5. The fourth-order valence-electron chi connectivity index (χ4n) is 4.36. The molecule has 0 atom stereocenters. The molecule has 1 aliphatic heterocycles. The van der Waals surface area contributed by atoms with Gasteiger partial charge in [0.2, 0.25) is 5.91 Å². The van der Waals surface area contributed by atoms with Gasteiger partial charge in [0.15, 0.2) is 0 Å². The second-order valence-corrected chi connectivity index (χ2v) is 8.08. The highest BCUT2D eigenvalue weighted by Crippen LogP contribution is 2.38. The van der Waals surface area contributed by atoms with Crippen LogP contribution in [0.15, 0.2) is 54.7 Å². The van der Waals surface area contributed by atoms with Crippen molar-refractivity contribution < 1.29 is 9.53 Å². The number of benzene rings is 2. The van der Waals surface area contributed by atoms with Crippen LogP contribution in [0.2, 0.25) is 0 Å². The number of primary amides is 1. The number of hydrogen-bond acceptors (Lipinski definition) is 4. The lowest BCUT2D eigenvalue weighted by molar-refractivity contribution is 0.100. The summed E-state index contributed by atoms with van der Waals surface area (Å²) in [7, 11) is 1.65. The molecule has 2 heterocycles. The molecule has 1 fully saturated rings. The number of nitrogens with zero attached hydrogens (tertiary/aromatic N) is 2. The molecule has 0 radical (unpaired) electrons. The number of aryl methyl sites for hydroxylation is 1. The van der Waals surface area contributed by atoms with Crippen LogP contribution >= 0.6 is 0 Å². The Morgan fingerprint density at radius 3 is 2.16 bits per heavy atom. The van der Waals surface area contributed by atoms with Crippen molar-refractivity contribution in [2.45, 2.75) is 32.6 Å². The maximum Gasteiger partial charge on any atom is 0.249 e. The first-order chi connectivity index (χ1) is 15.1. The Balaban J connectivity index is 1.80. The Hall–Kier alpha value is -3.34. The van der Waals surface area contributed by atoms with Gasteiger partial charge in [-0.1, -0.05) is 31.0 Å². The predicted molar refractivity (Wildman–Crippen MR) is 126 cm³/mol. The highest BCUT2D eigenvalue weighted by molar-refractivity contribution is 6.04. The van der Waals surface area contributed by atoms with Gasteiger partial charge < -0.3 is 15.4 Å². The summed E-state index contributed by atoms with van der Waals surface area (Å²) in [5, 5.41) is 0. The molecule has 0 spiro atoms. The Bertz CT molecular complexity index is 1050. The van der Waals surface area contributed by atoms with Gasteiger partial charge in [0.1, 0.15) is 11.6 Å². The maximum atomic E-state index is 12.3. The minimum absolute atomic E-state index is 0.443. The van der Waals surface area contributed by atoms with Gasteiger partial charge in [-0.3, -0.25) is 4.79 Å². The lowest BCUT2D eigenvalue weighted by Gasteiger charge is -2.22. The molecule has 1 aliphatic rings. The minimum Gasteiger partial charge on any atom is -0.497 e. The van der Waals surface area contributed by atoms with E-state index in [0.29, 0.717) is 5.56 Å². The van der Waals surface area contributed by atoms with Crippen molar-refractivity contribution in [2.75, 3.05) is 25.1 Å². The summed E-state index contributed by atoms with van der Waals surface area (Å²) in [5.41, 5.74) is 11.1. The standard InChI is InChI=1S/C26H29N3O2/c1-18-7-13-22(26(27)30)25(24(18)19-8-11-21(31-2)12-9-19)20-10-14-23(28-17-20)29-15-5-3-4-6-16-29/h7-14,17H,3-6,15-16H2,1-2H3,(H2,27,30). The molecule has 5 heteroatoms. The lowest BCUT2D eigenvalue weighted by Crippen LogP contribution is -2.24. The average molecular weight is 416 g/mol. The van der Waals surface area contributed by atoms with E-state index in [0.717, 1.165) is 52.5 Å². The van der Waals surface area contributed by atoms with Crippen LogP contribution in [0.4, 0.5) is 5.82 Å². The average Bonchev–Trinajstić information content (AvgIpc) is 3.08. The Morgan fingerprint density at radius 2 is 1.58 bits per heavy atom. The zero-order valence-electron chi connectivity index (χ0n) is 18.2. The number of carbonyl (C=O) groups excluding carboxylic acids is 1. The number of ether oxygens (including phenoxy) is 1. The number of rotatable bonds is 5. The molecule has 0 unspecified atom stereocenters. The number of methoxy groups -OCH3 is 1. The molecule has 1 amide bonds. The number of hydrogen-bond donors (Lipinski definition) is 1. The molecule has 160 valence electrons. The summed E-state index contributed by atoms with van der Waals surface area (Å²) >= 11 is 0. The summed E-state index contributed by atoms with van der Waals surface area (Å²) in [6.45, 7) is 4.13. The van der Waals surface area contributed by atoms with Gasteiger partial charge in [-0.25, -0.2) is 4.98 Å². The van der Waals surface area contributed by atoms with E-state index in [1.165, 1.54) is 25.7 Å². The van der Waals surface area contributed by atoms with Gasteiger partial charge in [0, 0.05) is 36.0 Å². The molecule has 2 N–H and O–H groups in total. The molecule has 31 heavy (non-hydrogen) atoms. The van der Waals surface area contributed by atoms with E-state index in [2.05, 4.69) is 17.0 Å². The van der Waals surface area contributed by atoms with Crippen molar-refractivity contribution in [3.8, 4) is 28.0 Å². The summed E-state index contributed by atoms with van der Waals surface area (Å²) < 4.78 is 5.30. The highest BCUT2D eigenvalue weighted by Gasteiger charge is 2.19. The maximum absolute atomic E-state index is 12.3. The van der Waals surface area contributed by atoms with Crippen LogP contribution in [0.1, 0.15) is 41.6 Å². The van der Waals surface area contributed by atoms with Crippen molar-refractivity contribution >= 4 is 11.7 Å². The van der Waals surface area contributed by atoms with Crippen molar-refractivity contribution in [1.82, 2.24) is 4.98 Å². The smallest absolute Gasteiger partial charge is 0.249 e. The van der Waals surface area contributed by atoms with Gasteiger partial charge >= 0.3 is 0 Å². The van der Waals surface area contributed by atoms with Gasteiger partial charge in [-0.2, -0.15) is 0 Å². The van der Waals surface area contributed by atoms with Crippen LogP contribution < -0.4 is 15.4 Å². The third-order valence-electron chi connectivity index (χ3n) is 6.02. The summed E-state index contributed by atoms with van der Waals surface area (Å²) in [6.07, 6.45) is 6.84. The second-order valence-electron chi connectivity index (χ2n) is 8.08. The van der Waals surface area contributed by atoms with E-state index < -0.39 is 5.91 Å². The monoisotopic (exact) mass is 415 g/mol. The zero-order valence-corrected chi connectivity index (χ0v) is 18.2. The van der Waals surface area contributed by atoms with Crippen LogP contribution in [-0.2, 0) is 0 Å². The number of amides is 1. The van der Waals surface area contributed by atoms with Gasteiger partial charge in [-0.05, 0) is 66.8 Å². The molecule has 0 aliphatic carbocycles. The Kier molecular flexibility index (Phi) is 6.21. The summed E-state index contributed by atoms with van der Waals surface area (Å²) in [4.78, 5) is 19.4. The quantitative estimate of drug-likeness (QED) is 0.621. The van der Waals surface area contributed by atoms with Crippen molar-refractivity contribution in [3.63, 3.8) is 0 Å². The van der Waals surface area contributed by atoms with E-state index in [4.69, 9.17) is 15.5 Å². The van der Waals surface area contributed by atoms with Crippen LogP contribution in [0, 0.1) is 6.92 Å². The minimum atomic E-state index is -0.443. The molecule has 0 saturated carbocycles. The van der Waals surface area contributed by atoms with Crippen molar-refractivity contribution in [2.24, 2.45) is 5.73 Å². The van der Waals surface area contributed by atoms with E-state index in [-0.39, 0.29) is 0 Å². The zero-order chi connectivity index (χ0) is 21.8. The molecule has 1 aromatic heterocycles. The van der Waals surface area contributed by atoms with Crippen LogP contribution in [0.25, 0.3) is 22.3 Å². The topological polar surface area (TPSA) is 68.5 Å². The fourth-order valence-corrected chi connectivity index (χ4v) is 4.36. The molecule has 5 nitrogen and oxygen atoms in total. The molecule has 0 bridgehead atoms. The van der Waals surface area contributed by atoms with E-state index >= 15 is 0 Å². The third kappa shape index (κ3) is 4.41. The fraction of sp³-hybridized carbons (Fsp3) is 0.308. The number of anilines is 1. The first kappa shape index (κ1) is 20.9. The molecule has 4 rings (SSSR count). The van der Waals surface area contributed by atoms with E-state index in [1.54, 1.807) is 7.11 Å². The number of nitrogens with two attached hydrogens (primary N) is 1. The van der Waals surface area contributed by atoms with Crippen LogP contribution in [0.3, 0.4) is 0 Å². The van der Waals surface area contributed by atoms with E-state index in [9.17, 15) is 4.79 Å². The SMILES string of the molecule is COc1ccc(-c2c(C)ccc(C(N)=O)c2-c2ccc(N3CCCCCC3)nc2)cc1. The molecule has 3 aromatic rings. The number of pyridine rings is 1. The lowest BCUT2D eigenvalue weighted by atomic mass is 9.87. The Morgan fingerprint density at radius 1 is 0.903 bits per heavy atom. The predicted octanol–water partition coefficient (Wildman–Crippen LogP) is 5.21. The largest absolute Gasteiger partial charge is 0.497 e. The van der Waals surface area contributed by atoms with Crippen molar-refractivity contribution in [1.29, 1.82) is 0 Å². The number of aromatic nitrogens is 1. The normalized spacial score (nSPS) is 14.2. The van der Waals surface area contributed by atoms with Gasteiger partial charge in [0.05, 0.1) is 7.11 Å². The number of carbonyl (C=O) groups is 1. The molecular weight excluding hydrogens is 386 g/mol. The van der Waals surface area contributed by atoms with E-state index in [1.807, 2.05) is 49.5 Å². The van der Waals surface area contributed by atoms with Gasteiger partial charge in [-0.15, -0.1) is 0 Å². The van der Waals surface area contributed by atoms with Gasteiger partial charge in [0.25, 0.3) is 0 Å². The summed E-state index contributed by atoms with van der Waals surface area (Å²) in [5.74, 6) is 1.34. The first-order valence-electron chi connectivity index (χ1n) is 10.9.